The molecule has 26 heavy (non-hydrogen) atoms. The SMILES string of the molecule is N=N[N+]1=C2C=C3C(=O)OC(=O)C3=CC2Nc2cc3c(cc21)C(=O)OC3=O. The third-order valence-electron chi connectivity index (χ3n) is 4.50. The number of hydrogen-bond donors (Lipinski definition) is 2. The Balaban J connectivity index is 1.75. The monoisotopic (exact) mass is 351 g/mol. The summed E-state index contributed by atoms with van der Waals surface area (Å²) in [4.78, 5) is 47.1. The molecule has 126 valence electrons. The van der Waals surface area contributed by atoms with Crippen molar-refractivity contribution in [3.05, 3.63) is 46.6 Å². The maximum absolute atomic E-state index is 11.8. The Morgan fingerprint density at radius 2 is 1.62 bits per heavy atom. The highest BCUT2D eigenvalue weighted by molar-refractivity contribution is 6.23. The van der Waals surface area contributed by atoms with Gasteiger partial charge < -0.3 is 14.8 Å². The van der Waals surface area contributed by atoms with Crippen LogP contribution in [-0.2, 0) is 19.1 Å². The summed E-state index contributed by atoms with van der Waals surface area (Å²) in [6, 6.07) is 2.24. The van der Waals surface area contributed by atoms with Gasteiger partial charge in [-0.15, -0.1) is 0 Å². The first kappa shape index (κ1) is 14.4. The zero-order valence-corrected chi connectivity index (χ0v) is 12.7. The molecule has 0 amide bonds. The summed E-state index contributed by atoms with van der Waals surface area (Å²) in [7, 11) is 0. The quantitative estimate of drug-likeness (QED) is 0.330. The van der Waals surface area contributed by atoms with Crippen molar-refractivity contribution in [3.63, 3.8) is 0 Å². The van der Waals surface area contributed by atoms with Crippen LogP contribution < -0.4 is 5.32 Å². The number of cyclic esters (lactones) is 4. The maximum atomic E-state index is 11.8. The zero-order valence-electron chi connectivity index (χ0n) is 12.7. The molecule has 1 saturated heterocycles. The van der Waals surface area contributed by atoms with Crippen molar-refractivity contribution in [1.82, 2.24) is 0 Å². The molecule has 1 aromatic rings. The minimum Gasteiger partial charge on any atom is -0.386 e. The van der Waals surface area contributed by atoms with E-state index >= 15 is 0 Å². The number of rotatable bonds is 1. The minimum absolute atomic E-state index is 0.0680. The van der Waals surface area contributed by atoms with Gasteiger partial charge in [-0.1, -0.05) is 4.68 Å². The Hall–Kier alpha value is -3.95. The van der Waals surface area contributed by atoms with Gasteiger partial charge in [-0.25, -0.2) is 19.2 Å². The van der Waals surface area contributed by atoms with Crippen molar-refractivity contribution in [2.24, 2.45) is 5.22 Å². The number of carbonyl (C=O) groups is 4. The average molecular weight is 351 g/mol. The van der Waals surface area contributed by atoms with Crippen molar-refractivity contribution in [2.45, 2.75) is 6.04 Å². The normalized spacial score (nSPS) is 22.4. The molecule has 1 fully saturated rings. The van der Waals surface area contributed by atoms with E-state index in [1.165, 1.54) is 29.0 Å². The van der Waals surface area contributed by atoms with Crippen molar-refractivity contribution < 1.29 is 33.3 Å². The van der Waals surface area contributed by atoms with Crippen molar-refractivity contribution >= 4 is 41.0 Å². The van der Waals surface area contributed by atoms with Crippen LogP contribution in [0.3, 0.4) is 0 Å². The predicted octanol–water partition coefficient (Wildman–Crippen LogP) is 0.772. The van der Waals surface area contributed by atoms with Gasteiger partial charge in [0.15, 0.2) is 11.4 Å². The Labute approximate surface area is 143 Å². The number of fused-ring (bicyclic) bond motifs is 4. The summed E-state index contributed by atoms with van der Waals surface area (Å²) in [5, 5.41) is 6.55. The second-order valence-corrected chi connectivity index (χ2v) is 5.87. The first-order chi connectivity index (χ1) is 12.5. The third kappa shape index (κ3) is 1.67. The molecule has 0 saturated carbocycles. The van der Waals surface area contributed by atoms with Gasteiger partial charge in [0.2, 0.25) is 0 Å². The number of carbonyl (C=O) groups excluding carboxylic acids is 4. The van der Waals surface area contributed by atoms with Gasteiger partial charge in [0.05, 0.1) is 28.0 Å². The van der Waals surface area contributed by atoms with Gasteiger partial charge >= 0.3 is 23.9 Å². The summed E-state index contributed by atoms with van der Waals surface area (Å²) in [6.07, 6.45) is 2.91. The molecule has 10 heteroatoms. The lowest BCUT2D eigenvalue weighted by Gasteiger charge is -2.26. The standard InChI is InChI=1S/C16H6N4O6/c17-19-20-11-3-7-5(13(21)25-15(7)23)1-9(11)18-10-2-6-8(4-12(10)20)16(24)26-14(6)22/h1-4,9,17H/p+1. The van der Waals surface area contributed by atoms with Gasteiger partial charge in [-0.3, -0.25) is 0 Å². The Morgan fingerprint density at radius 3 is 2.35 bits per heavy atom. The van der Waals surface area contributed by atoms with E-state index in [0.29, 0.717) is 17.1 Å². The molecule has 1 aliphatic carbocycles. The molecule has 5 rings (SSSR count). The summed E-state index contributed by atoms with van der Waals surface area (Å²) in [6.45, 7) is 0. The van der Waals surface area contributed by atoms with E-state index in [1.807, 2.05) is 0 Å². The van der Waals surface area contributed by atoms with E-state index in [1.54, 1.807) is 0 Å². The number of benzene rings is 1. The van der Waals surface area contributed by atoms with E-state index in [0.717, 1.165) is 0 Å². The fourth-order valence-corrected chi connectivity index (χ4v) is 3.34. The Morgan fingerprint density at radius 1 is 0.962 bits per heavy atom. The van der Waals surface area contributed by atoms with Gasteiger partial charge in [0.1, 0.15) is 11.3 Å². The third-order valence-corrected chi connectivity index (χ3v) is 4.50. The molecule has 0 aromatic heterocycles. The first-order valence-electron chi connectivity index (χ1n) is 7.44. The van der Waals surface area contributed by atoms with E-state index in [-0.39, 0.29) is 22.3 Å². The molecule has 1 atom stereocenters. The molecular formula is C16H7N4O6+. The molecule has 1 unspecified atom stereocenters. The molecule has 2 N–H and O–H groups in total. The van der Waals surface area contributed by atoms with Gasteiger partial charge in [-0.05, 0) is 12.1 Å². The topological polar surface area (TPSA) is 138 Å². The van der Waals surface area contributed by atoms with E-state index < -0.39 is 29.9 Å². The van der Waals surface area contributed by atoms with Crippen LogP contribution in [0.2, 0.25) is 0 Å². The van der Waals surface area contributed by atoms with Crippen LogP contribution in [0.1, 0.15) is 20.7 Å². The maximum Gasteiger partial charge on any atom is 0.347 e. The fourth-order valence-electron chi connectivity index (χ4n) is 3.34. The van der Waals surface area contributed by atoms with Crippen LogP contribution in [0, 0.1) is 5.53 Å². The summed E-state index contributed by atoms with van der Waals surface area (Å²) >= 11 is 0. The zero-order chi connectivity index (χ0) is 18.2. The fraction of sp³-hybridized carbons (Fsp3) is 0.0625. The first-order valence-corrected chi connectivity index (χ1v) is 7.44. The Kier molecular flexibility index (Phi) is 2.53. The molecule has 10 nitrogen and oxygen atoms in total. The van der Waals surface area contributed by atoms with E-state index in [2.05, 4.69) is 20.0 Å². The van der Waals surface area contributed by atoms with E-state index in [9.17, 15) is 19.2 Å². The highest BCUT2D eigenvalue weighted by Crippen LogP contribution is 2.38. The van der Waals surface area contributed by atoms with Crippen LogP contribution >= 0.6 is 0 Å². The number of nitrogens with one attached hydrogen (secondary N) is 2. The molecule has 4 aliphatic rings. The lowest BCUT2D eigenvalue weighted by Crippen LogP contribution is -2.38. The average Bonchev–Trinajstić information content (AvgIpc) is 3.05. The summed E-state index contributed by atoms with van der Waals surface area (Å²) in [5.41, 5.74) is 9.03. The smallest absolute Gasteiger partial charge is 0.347 e. The number of ether oxygens (including phenoxy) is 2. The number of anilines is 1. The second kappa shape index (κ2) is 4.57. The molecule has 3 aliphatic heterocycles. The molecule has 3 heterocycles. The van der Waals surface area contributed by atoms with Gasteiger partial charge in [0, 0.05) is 17.7 Å². The predicted molar refractivity (Wildman–Crippen MR) is 80.9 cm³/mol. The van der Waals surface area contributed by atoms with Crippen molar-refractivity contribution in [2.75, 3.05) is 5.32 Å². The molecular weight excluding hydrogens is 344 g/mol. The Bertz CT molecular complexity index is 1110. The molecule has 0 radical (unpaired) electrons. The van der Waals surface area contributed by atoms with Crippen LogP contribution in [0.4, 0.5) is 11.4 Å². The van der Waals surface area contributed by atoms with Gasteiger partial charge in [-0.2, -0.15) is 0 Å². The second-order valence-electron chi connectivity index (χ2n) is 5.87. The largest absolute Gasteiger partial charge is 0.386 e. The van der Waals surface area contributed by atoms with Crippen molar-refractivity contribution in [1.29, 1.82) is 5.53 Å². The van der Waals surface area contributed by atoms with Crippen LogP contribution in [0.5, 0.6) is 0 Å². The molecule has 1 aromatic carbocycles. The van der Waals surface area contributed by atoms with Gasteiger partial charge in [0.25, 0.3) is 0 Å². The number of esters is 4. The van der Waals surface area contributed by atoms with Crippen molar-refractivity contribution in [3.8, 4) is 0 Å². The van der Waals surface area contributed by atoms with Crippen LogP contribution in [0.25, 0.3) is 0 Å². The molecule has 0 bridgehead atoms. The minimum atomic E-state index is -0.779. The summed E-state index contributed by atoms with van der Waals surface area (Å²) in [5.74, 6) is -3.05. The van der Waals surface area contributed by atoms with Crippen LogP contribution in [0.15, 0.2) is 40.7 Å². The summed E-state index contributed by atoms with van der Waals surface area (Å²) < 4.78 is 10.4. The van der Waals surface area contributed by atoms with E-state index in [4.69, 9.17) is 5.53 Å². The lowest BCUT2D eigenvalue weighted by molar-refractivity contribution is -0.459. The lowest BCUT2D eigenvalue weighted by atomic mass is 9.92. The highest BCUT2D eigenvalue weighted by atomic mass is 16.6. The molecule has 0 spiro atoms. The van der Waals surface area contributed by atoms with Crippen LogP contribution in [-0.4, -0.2) is 40.3 Å². The highest BCUT2D eigenvalue weighted by Gasteiger charge is 2.42. The number of nitrogens with zero attached hydrogens (tertiary/aromatic N) is 2. The number of hydrogen-bond acceptors (Lipinski definition) is 9.